The van der Waals surface area contributed by atoms with E-state index in [1.807, 2.05) is 29.5 Å². The zero-order chi connectivity index (χ0) is 19.8. The summed E-state index contributed by atoms with van der Waals surface area (Å²) in [5.41, 5.74) is 1.13. The van der Waals surface area contributed by atoms with Crippen LogP contribution in [0.15, 0.2) is 36.4 Å². The van der Waals surface area contributed by atoms with Crippen molar-refractivity contribution < 1.29 is 9.84 Å². The molecule has 1 fully saturated rings. The second-order valence-corrected chi connectivity index (χ2v) is 9.29. The van der Waals surface area contributed by atoms with Crippen LogP contribution < -0.4 is 10.1 Å². The molecule has 0 bridgehead atoms. The van der Waals surface area contributed by atoms with Crippen LogP contribution in [0.5, 0.6) is 5.75 Å². The predicted octanol–water partition coefficient (Wildman–Crippen LogP) is 4.35. The number of aliphatic hydroxyl groups excluding tert-OH is 1. The van der Waals surface area contributed by atoms with Gasteiger partial charge in [0.1, 0.15) is 18.5 Å². The third kappa shape index (κ3) is 6.59. The molecule has 2 N–H and O–H groups in total. The van der Waals surface area contributed by atoms with Gasteiger partial charge in [0, 0.05) is 41.0 Å². The van der Waals surface area contributed by atoms with Crippen LogP contribution in [0.25, 0.3) is 0 Å². The molecule has 1 aliphatic rings. The summed E-state index contributed by atoms with van der Waals surface area (Å²) < 4.78 is 5.98. The lowest BCUT2D eigenvalue weighted by molar-refractivity contribution is 0.0558. The molecule has 1 aliphatic carbocycles. The highest BCUT2D eigenvalue weighted by Crippen LogP contribution is 2.22. The second kappa shape index (κ2) is 11.0. The maximum absolute atomic E-state index is 10.4. The molecule has 2 aromatic rings. The average Bonchev–Trinajstić information content (AvgIpc) is 3.13. The second-order valence-electron chi connectivity index (χ2n) is 7.92. The van der Waals surface area contributed by atoms with Gasteiger partial charge in [-0.1, -0.05) is 37.5 Å². The summed E-state index contributed by atoms with van der Waals surface area (Å²) in [4.78, 5) is 4.99. The van der Waals surface area contributed by atoms with Crippen LogP contribution in [0.4, 0.5) is 0 Å². The molecule has 5 heteroatoms. The van der Waals surface area contributed by atoms with Gasteiger partial charge in [-0.2, -0.15) is 0 Å². The van der Waals surface area contributed by atoms with Crippen LogP contribution in [0.3, 0.4) is 0 Å². The lowest BCUT2D eigenvalue weighted by atomic mass is 9.94. The number of rotatable bonds is 10. The molecule has 1 unspecified atom stereocenters. The number of aliphatic hydroxyl groups is 1. The largest absolute Gasteiger partial charge is 0.491 e. The molecular weight excluding hydrogens is 368 g/mol. The van der Waals surface area contributed by atoms with Gasteiger partial charge in [-0.3, -0.25) is 0 Å². The molecule has 0 radical (unpaired) electrons. The van der Waals surface area contributed by atoms with E-state index in [-0.39, 0.29) is 0 Å². The van der Waals surface area contributed by atoms with Crippen molar-refractivity contribution in [3.8, 4) is 5.75 Å². The molecule has 1 aromatic carbocycles. The molecular formula is C23H34N2O2S. The van der Waals surface area contributed by atoms with E-state index in [1.165, 1.54) is 41.9 Å². The number of benzene rings is 1. The van der Waals surface area contributed by atoms with E-state index in [0.29, 0.717) is 19.2 Å². The Labute approximate surface area is 173 Å². The fraction of sp³-hybridized carbons (Fsp3) is 0.565. The number of nitrogens with zero attached hydrogens (tertiary/aromatic N) is 1. The summed E-state index contributed by atoms with van der Waals surface area (Å²) in [7, 11) is 2.13. The standard InChI is InChI=1S/C23H34N2O2S/c1-18-12-13-22(28-18)15-24-14-19-8-6-7-11-23(19)27-17-21(26)16-25(2)20-9-4-3-5-10-20/h6-8,11-13,20-21,24,26H,3-5,9-10,14-17H2,1-2H3. The zero-order valence-electron chi connectivity index (χ0n) is 17.2. The Balaban J connectivity index is 1.44. The van der Waals surface area contributed by atoms with Crippen LogP contribution in [0.2, 0.25) is 0 Å². The number of nitrogens with one attached hydrogen (secondary N) is 1. The van der Waals surface area contributed by atoms with E-state index in [4.69, 9.17) is 4.74 Å². The minimum Gasteiger partial charge on any atom is -0.491 e. The van der Waals surface area contributed by atoms with Gasteiger partial charge in [-0.05, 0) is 45.0 Å². The van der Waals surface area contributed by atoms with Crippen LogP contribution in [0.1, 0.15) is 47.4 Å². The Morgan fingerprint density at radius 1 is 1.14 bits per heavy atom. The number of hydrogen-bond donors (Lipinski definition) is 2. The van der Waals surface area contributed by atoms with Gasteiger partial charge in [-0.15, -0.1) is 11.3 Å². The predicted molar refractivity (Wildman–Crippen MR) is 117 cm³/mol. The molecule has 154 valence electrons. The summed E-state index contributed by atoms with van der Waals surface area (Å²) in [6.07, 6.45) is 6.01. The van der Waals surface area contributed by atoms with Crippen molar-refractivity contribution in [2.75, 3.05) is 20.2 Å². The molecule has 0 saturated heterocycles. The fourth-order valence-electron chi connectivity index (χ4n) is 3.93. The first-order valence-corrected chi connectivity index (χ1v) is 11.3. The highest BCUT2D eigenvalue weighted by molar-refractivity contribution is 7.11. The van der Waals surface area contributed by atoms with Crippen molar-refractivity contribution in [3.05, 3.63) is 51.7 Å². The van der Waals surface area contributed by atoms with E-state index in [0.717, 1.165) is 24.4 Å². The maximum Gasteiger partial charge on any atom is 0.123 e. The molecule has 1 atom stereocenters. The van der Waals surface area contributed by atoms with E-state index < -0.39 is 6.10 Å². The summed E-state index contributed by atoms with van der Waals surface area (Å²) in [5, 5.41) is 13.9. The van der Waals surface area contributed by atoms with Gasteiger partial charge < -0.3 is 20.1 Å². The van der Waals surface area contributed by atoms with Gasteiger partial charge >= 0.3 is 0 Å². The molecule has 4 nitrogen and oxygen atoms in total. The van der Waals surface area contributed by atoms with Crippen molar-refractivity contribution in [3.63, 3.8) is 0 Å². The molecule has 1 saturated carbocycles. The third-order valence-corrected chi connectivity index (χ3v) is 6.51. The van der Waals surface area contributed by atoms with Gasteiger partial charge in [0.05, 0.1) is 0 Å². The van der Waals surface area contributed by atoms with Gasteiger partial charge in [-0.25, -0.2) is 0 Å². The zero-order valence-corrected chi connectivity index (χ0v) is 18.0. The minimum atomic E-state index is -0.470. The van der Waals surface area contributed by atoms with E-state index >= 15 is 0 Å². The lowest BCUT2D eigenvalue weighted by Crippen LogP contribution is -2.40. The van der Waals surface area contributed by atoms with E-state index in [9.17, 15) is 5.11 Å². The molecule has 1 heterocycles. The topological polar surface area (TPSA) is 44.7 Å². The van der Waals surface area contributed by atoms with Gasteiger partial charge in [0.25, 0.3) is 0 Å². The summed E-state index contributed by atoms with van der Waals surface area (Å²) in [6.45, 7) is 4.75. The summed E-state index contributed by atoms with van der Waals surface area (Å²) in [6, 6.07) is 13.0. The van der Waals surface area contributed by atoms with Gasteiger partial charge in [0.15, 0.2) is 0 Å². The molecule has 0 aliphatic heterocycles. The SMILES string of the molecule is Cc1ccc(CNCc2ccccc2OCC(O)CN(C)C2CCCCC2)s1. The van der Waals surface area contributed by atoms with Crippen LogP contribution >= 0.6 is 11.3 Å². The van der Waals surface area contributed by atoms with Crippen LogP contribution in [-0.4, -0.2) is 42.4 Å². The molecule has 0 spiro atoms. The first-order chi connectivity index (χ1) is 13.6. The molecule has 1 aromatic heterocycles. The van der Waals surface area contributed by atoms with E-state index in [2.05, 4.69) is 42.4 Å². The minimum absolute atomic E-state index is 0.332. The number of ether oxygens (including phenoxy) is 1. The third-order valence-electron chi connectivity index (χ3n) is 5.51. The number of para-hydroxylation sites is 1. The smallest absolute Gasteiger partial charge is 0.123 e. The van der Waals surface area contributed by atoms with Crippen molar-refractivity contribution >= 4 is 11.3 Å². The van der Waals surface area contributed by atoms with Crippen molar-refractivity contribution in [1.82, 2.24) is 10.2 Å². The Kier molecular flexibility index (Phi) is 8.34. The average molecular weight is 403 g/mol. The Morgan fingerprint density at radius 2 is 1.93 bits per heavy atom. The molecule has 3 rings (SSSR count). The Bertz CT molecular complexity index is 712. The quantitative estimate of drug-likeness (QED) is 0.620. The number of hydrogen-bond acceptors (Lipinski definition) is 5. The normalized spacial score (nSPS) is 16.4. The number of likely N-dealkylation sites (N-methyl/N-ethyl adjacent to an activating group) is 1. The molecule has 28 heavy (non-hydrogen) atoms. The highest BCUT2D eigenvalue weighted by Gasteiger charge is 2.20. The number of aryl methyl sites for hydroxylation is 1. The van der Waals surface area contributed by atoms with Crippen molar-refractivity contribution in [2.24, 2.45) is 0 Å². The number of thiophene rings is 1. The first kappa shape index (κ1) is 21.3. The Morgan fingerprint density at radius 3 is 2.68 bits per heavy atom. The molecule has 0 amide bonds. The summed E-state index contributed by atoms with van der Waals surface area (Å²) in [5.74, 6) is 0.858. The van der Waals surface area contributed by atoms with Crippen LogP contribution in [0, 0.1) is 6.92 Å². The summed E-state index contributed by atoms with van der Waals surface area (Å²) >= 11 is 1.83. The maximum atomic E-state index is 10.4. The van der Waals surface area contributed by atoms with E-state index in [1.54, 1.807) is 0 Å². The van der Waals surface area contributed by atoms with Crippen molar-refractivity contribution in [1.29, 1.82) is 0 Å². The fourth-order valence-corrected chi connectivity index (χ4v) is 4.79. The van der Waals surface area contributed by atoms with Crippen LogP contribution in [-0.2, 0) is 13.1 Å². The Hall–Kier alpha value is -1.40. The lowest BCUT2D eigenvalue weighted by Gasteiger charge is -2.32. The first-order valence-electron chi connectivity index (χ1n) is 10.5. The van der Waals surface area contributed by atoms with Crippen molar-refractivity contribution in [2.45, 2.75) is 64.3 Å². The monoisotopic (exact) mass is 402 g/mol. The highest BCUT2D eigenvalue weighted by atomic mass is 32.1. The van der Waals surface area contributed by atoms with Gasteiger partial charge in [0.2, 0.25) is 0 Å².